The summed E-state index contributed by atoms with van der Waals surface area (Å²) in [5.41, 5.74) is 1.70. The molecule has 0 unspecified atom stereocenters. The maximum absolute atomic E-state index is 11.9. The van der Waals surface area contributed by atoms with Crippen LogP contribution in [0.3, 0.4) is 0 Å². The monoisotopic (exact) mass is 276 g/mol. The normalized spacial score (nSPS) is 11.5. The number of para-hydroxylation sites is 1. The molecule has 0 amide bonds. The summed E-state index contributed by atoms with van der Waals surface area (Å²) < 4.78 is 28.9. The molecule has 0 atom stereocenters. The van der Waals surface area contributed by atoms with Gasteiger partial charge in [0.15, 0.2) is 0 Å². The molecular formula is C15H16O3S. The summed E-state index contributed by atoms with van der Waals surface area (Å²) in [7, 11) is -3.58. The van der Waals surface area contributed by atoms with Crippen molar-refractivity contribution in [2.45, 2.75) is 19.1 Å². The molecule has 0 aliphatic carbocycles. The summed E-state index contributed by atoms with van der Waals surface area (Å²) in [5, 5.41) is -0.573. The van der Waals surface area contributed by atoms with Gasteiger partial charge in [-0.25, -0.2) is 0 Å². The van der Waals surface area contributed by atoms with Crippen LogP contribution in [0.2, 0.25) is 0 Å². The first kappa shape index (κ1) is 13.6. The van der Waals surface area contributed by atoms with Crippen LogP contribution in [0.1, 0.15) is 13.8 Å². The first-order valence-corrected chi connectivity index (χ1v) is 7.55. The molecule has 100 valence electrons. The van der Waals surface area contributed by atoms with Crippen molar-refractivity contribution in [2.24, 2.45) is 0 Å². The van der Waals surface area contributed by atoms with Gasteiger partial charge in [0.05, 0.1) is 5.25 Å². The zero-order valence-corrected chi connectivity index (χ0v) is 11.7. The third kappa shape index (κ3) is 3.15. The smallest absolute Gasteiger partial charge is 0.311 e. The average Bonchev–Trinajstić information content (AvgIpc) is 2.40. The highest BCUT2D eigenvalue weighted by Crippen LogP contribution is 2.30. The van der Waals surface area contributed by atoms with Gasteiger partial charge in [-0.15, -0.1) is 0 Å². The van der Waals surface area contributed by atoms with E-state index < -0.39 is 15.4 Å². The second kappa shape index (κ2) is 5.45. The number of hydrogen-bond acceptors (Lipinski definition) is 3. The minimum Gasteiger partial charge on any atom is -0.382 e. The standard InChI is InChI=1S/C15H16O3S/c1-12(2)19(16,17)18-15-11-7-6-10-14(15)13-8-4-3-5-9-13/h3-12H,1-2H3. The van der Waals surface area contributed by atoms with Crippen LogP contribution >= 0.6 is 0 Å². The molecule has 19 heavy (non-hydrogen) atoms. The number of benzene rings is 2. The van der Waals surface area contributed by atoms with Crippen molar-refractivity contribution in [1.82, 2.24) is 0 Å². The molecule has 0 aromatic heterocycles. The van der Waals surface area contributed by atoms with E-state index in [0.717, 1.165) is 11.1 Å². The zero-order chi connectivity index (χ0) is 13.9. The van der Waals surface area contributed by atoms with Crippen LogP contribution in [0.4, 0.5) is 0 Å². The molecule has 2 rings (SSSR count). The second-order valence-corrected chi connectivity index (χ2v) is 6.58. The second-order valence-electron chi connectivity index (χ2n) is 4.49. The molecule has 0 aliphatic rings. The Labute approximate surface area is 114 Å². The van der Waals surface area contributed by atoms with Crippen molar-refractivity contribution < 1.29 is 12.6 Å². The quantitative estimate of drug-likeness (QED) is 0.803. The van der Waals surface area contributed by atoms with Gasteiger partial charge in [-0.1, -0.05) is 48.5 Å². The molecule has 2 aromatic carbocycles. The van der Waals surface area contributed by atoms with E-state index in [1.807, 2.05) is 42.5 Å². The van der Waals surface area contributed by atoms with E-state index in [1.54, 1.807) is 26.0 Å². The summed E-state index contributed by atoms with van der Waals surface area (Å²) in [6.45, 7) is 3.20. The molecule has 2 aromatic rings. The molecule has 4 heteroatoms. The Hall–Kier alpha value is -1.81. The van der Waals surface area contributed by atoms with Gasteiger partial charge in [-0.3, -0.25) is 0 Å². The van der Waals surface area contributed by atoms with E-state index in [-0.39, 0.29) is 0 Å². The Morgan fingerprint density at radius 2 is 1.47 bits per heavy atom. The lowest BCUT2D eigenvalue weighted by Gasteiger charge is -2.13. The van der Waals surface area contributed by atoms with Gasteiger partial charge in [0.25, 0.3) is 0 Å². The van der Waals surface area contributed by atoms with Crippen LogP contribution in [0, 0.1) is 0 Å². The summed E-state index contributed by atoms with van der Waals surface area (Å²) in [5.74, 6) is 0.363. The van der Waals surface area contributed by atoms with Crippen LogP contribution in [-0.4, -0.2) is 13.7 Å². The Kier molecular flexibility index (Phi) is 3.90. The van der Waals surface area contributed by atoms with Gasteiger partial charge < -0.3 is 4.18 Å². The van der Waals surface area contributed by atoms with Crippen molar-refractivity contribution in [3.63, 3.8) is 0 Å². The topological polar surface area (TPSA) is 43.4 Å². The average molecular weight is 276 g/mol. The minimum absolute atomic E-state index is 0.363. The molecule has 0 spiro atoms. The van der Waals surface area contributed by atoms with Crippen molar-refractivity contribution in [2.75, 3.05) is 0 Å². The molecule has 0 aliphatic heterocycles. The summed E-state index contributed by atoms with van der Waals surface area (Å²) in [4.78, 5) is 0. The van der Waals surface area contributed by atoms with Crippen molar-refractivity contribution in [3.05, 3.63) is 54.6 Å². The SMILES string of the molecule is CC(C)S(=O)(=O)Oc1ccccc1-c1ccccc1. The van der Waals surface area contributed by atoms with E-state index in [1.165, 1.54) is 0 Å². The Balaban J connectivity index is 2.44. The van der Waals surface area contributed by atoms with E-state index in [4.69, 9.17) is 4.18 Å². The van der Waals surface area contributed by atoms with Gasteiger partial charge in [0.2, 0.25) is 0 Å². The van der Waals surface area contributed by atoms with Crippen molar-refractivity contribution in [1.29, 1.82) is 0 Å². The van der Waals surface area contributed by atoms with Gasteiger partial charge in [-0.05, 0) is 25.5 Å². The minimum atomic E-state index is -3.58. The molecule has 0 radical (unpaired) electrons. The van der Waals surface area contributed by atoms with E-state index >= 15 is 0 Å². The third-order valence-electron chi connectivity index (χ3n) is 2.76. The highest BCUT2D eigenvalue weighted by molar-refractivity contribution is 7.87. The van der Waals surface area contributed by atoms with Crippen LogP contribution in [0.15, 0.2) is 54.6 Å². The molecule has 0 bridgehead atoms. The van der Waals surface area contributed by atoms with Crippen LogP contribution in [0.25, 0.3) is 11.1 Å². The van der Waals surface area contributed by atoms with Gasteiger partial charge in [-0.2, -0.15) is 8.42 Å². The van der Waals surface area contributed by atoms with Gasteiger partial charge in [0.1, 0.15) is 5.75 Å². The predicted molar refractivity (Wildman–Crippen MR) is 76.6 cm³/mol. The Bertz CT molecular complexity index is 646. The molecule has 0 N–H and O–H groups in total. The molecule has 3 nitrogen and oxygen atoms in total. The van der Waals surface area contributed by atoms with E-state index in [0.29, 0.717) is 5.75 Å². The van der Waals surface area contributed by atoms with Crippen molar-refractivity contribution >= 4 is 10.1 Å². The Morgan fingerprint density at radius 3 is 2.11 bits per heavy atom. The maximum Gasteiger partial charge on any atom is 0.311 e. The fraction of sp³-hybridized carbons (Fsp3) is 0.200. The van der Waals surface area contributed by atoms with E-state index in [2.05, 4.69) is 0 Å². The molecule has 0 fully saturated rings. The highest BCUT2D eigenvalue weighted by Gasteiger charge is 2.19. The first-order chi connectivity index (χ1) is 9.00. The summed E-state index contributed by atoms with van der Waals surface area (Å²) >= 11 is 0. The predicted octanol–water partition coefficient (Wildman–Crippen LogP) is 3.47. The van der Waals surface area contributed by atoms with Crippen LogP contribution in [-0.2, 0) is 10.1 Å². The summed E-state index contributed by atoms with van der Waals surface area (Å²) in [6.07, 6.45) is 0. The maximum atomic E-state index is 11.9. The van der Waals surface area contributed by atoms with Gasteiger partial charge in [0, 0.05) is 5.56 Å². The fourth-order valence-electron chi connectivity index (χ4n) is 1.62. The third-order valence-corrected chi connectivity index (χ3v) is 4.32. The van der Waals surface area contributed by atoms with Crippen LogP contribution < -0.4 is 4.18 Å². The number of hydrogen-bond donors (Lipinski definition) is 0. The summed E-state index contributed by atoms with van der Waals surface area (Å²) in [6, 6.07) is 16.7. The van der Waals surface area contributed by atoms with Crippen LogP contribution in [0.5, 0.6) is 5.75 Å². The number of rotatable bonds is 4. The largest absolute Gasteiger partial charge is 0.382 e. The first-order valence-electron chi connectivity index (χ1n) is 6.08. The lowest BCUT2D eigenvalue weighted by atomic mass is 10.1. The van der Waals surface area contributed by atoms with Crippen molar-refractivity contribution in [3.8, 4) is 16.9 Å². The molecule has 0 heterocycles. The zero-order valence-electron chi connectivity index (χ0n) is 10.9. The molecule has 0 saturated heterocycles. The highest BCUT2D eigenvalue weighted by atomic mass is 32.2. The fourth-order valence-corrected chi connectivity index (χ4v) is 2.20. The lowest BCUT2D eigenvalue weighted by Crippen LogP contribution is -2.20. The van der Waals surface area contributed by atoms with Gasteiger partial charge >= 0.3 is 10.1 Å². The Morgan fingerprint density at radius 1 is 0.895 bits per heavy atom. The molecular weight excluding hydrogens is 260 g/mol. The molecule has 0 saturated carbocycles. The lowest BCUT2D eigenvalue weighted by molar-refractivity contribution is 0.478. The van der Waals surface area contributed by atoms with E-state index in [9.17, 15) is 8.42 Å².